The van der Waals surface area contributed by atoms with Crippen LogP contribution >= 0.6 is 0 Å². The van der Waals surface area contributed by atoms with Gasteiger partial charge in [-0.3, -0.25) is 9.69 Å². The number of anilines is 2. The smallest absolute Gasteiger partial charge is 0.337 e. The van der Waals surface area contributed by atoms with E-state index in [1.165, 1.54) is 11.0 Å². The Labute approximate surface area is 146 Å². The zero-order valence-electron chi connectivity index (χ0n) is 13.7. The van der Waals surface area contributed by atoms with Crippen molar-refractivity contribution < 1.29 is 14.7 Å². The number of carbonyl (C=O) groups excluding carboxylic acids is 1. The monoisotopic (exact) mass is 331 g/mol. The normalized spacial score (nSPS) is 10.3. The van der Waals surface area contributed by atoms with E-state index in [1.807, 2.05) is 24.3 Å². The topological polar surface area (TPSA) is 57.6 Å². The van der Waals surface area contributed by atoms with Gasteiger partial charge in [0.05, 0.1) is 11.3 Å². The molecule has 0 aliphatic carbocycles. The maximum absolute atomic E-state index is 13.2. The number of aromatic carboxylic acids is 1. The number of rotatable bonds is 4. The fourth-order valence-electron chi connectivity index (χ4n) is 2.76. The Kier molecular flexibility index (Phi) is 4.61. The van der Waals surface area contributed by atoms with E-state index in [9.17, 15) is 14.7 Å². The minimum absolute atomic E-state index is 0.0909. The van der Waals surface area contributed by atoms with E-state index in [0.29, 0.717) is 22.5 Å². The molecule has 0 bridgehead atoms. The molecule has 0 aromatic heterocycles. The Morgan fingerprint density at radius 3 is 2.00 bits per heavy atom. The molecule has 1 N–H and O–H groups in total. The van der Waals surface area contributed by atoms with Crippen molar-refractivity contribution in [1.29, 1.82) is 0 Å². The summed E-state index contributed by atoms with van der Waals surface area (Å²) >= 11 is 0. The van der Waals surface area contributed by atoms with Gasteiger partial charge in [-0.1, -0.05) is 48.5 Å². The van der Waals surface area contributed by atoms with Crippen LogP contribution in [0.15, 0.2) is 78.9 Å². The molecule has 3 aromatic carbocycles. The molecule has 3 aromatic rings. The van der Waals surface area contributed by atoms with Crippen LogP contribution in [0.2, 0.25) is 0 Å². The number of hydrogen-bond donors (Lipinski definition) is 1. The zero-order valence-corrected chi connectivity index (χ0v) is 13.7. The fraction of sp³-hybridized carbons (Fsp3) is 0.0476. The van der Waals surface area contributed by atoms with Crippen molar-refractivity contribution in [3.05, 3.63) is 95.6 Å². The SMILES string of the molecule is Cc1cccc(C(=O)O)c1N(C(=O)c1ccccc1)c1ccccc1. The highest BCUT2D eigenvalue weighted by Gasteiger charge is 2.25. The number of aryl methyl sites for hydroxylation is 1. The minimum Gasteiger partial charge on any atom is -0.478 e. The quantitative estimate of drug-likeness (QED) is 0.755. The Balaban J connectivity index is 2.24. The van der Waals surface area contributed by atoms with E-state index >= 15 is 0 Å². The van der Waals surface area contributed by atoms with Crippen molar-refractivity contribution in [2.45, 2.75) is 6.92 Å². The summed E-state index contributed by atoms with van der Waals surface area (Å²) in [5, 5.41) is 9.60. The molecule has 4 heteroatoms. The van der Waals surface area contributed by atoms with E-state index in [4.69, 9.17) is 0 Å². The molecule has 124 valence electrons. The van der Waals surface area contributed by atoms with Crippen molar-refractivity contribution in [1.82, 2.24) is 0 Å². The number of carboxylic acid groups (broad SMARTS) is 1. The summed E-state index contributed by atoms with van der Waals surface area (Å²) in [6.07, 6.45) is 0. The summed E-state index contributed by atoms with van der Waals surface area (Å²) in [5.41, 5.74) is 2.30. The first-order valence-corrected chi connectivity index (χ1v) is 7.87. The van der Waals surface area contributed by atoms with E-state index in [1.54, 1.807) is 55.5 Å². The number of carbonyl (C=O) groups is 2. The number of nitrogens with zero attached hydrogens (tertiary/aromatic N) is 1. The lowest BCUT2D eigenvalue weighted by atomic mass is 10.0. The van der Waals surface area contributed by atoms with E-state index in [-0.39, 0.29) is 11.5 Å². The average molecular weight is 331 g/mol. The second-order valence-electron chi connectivity index (χ2n) is 5.62. The van der Waals surface area contributed by atoms with Crippen molar-refractivity contribution in [3.63, 3.8) is 0 Å². The summed E-state index contributed by atoms with van der Waals surface area (Å²) in [6, 6.07) is 22.9. The molecule has 0 atom stereocenters. The number of hydrogen-bond acceptors (Lipinski definition) is 2. The third-order valence-corrected chi connectivity index (χ3v) is 3.93. The molecule has 4 nitrogen and oxygen atoms in total. The fourth-order valence-corrected chi connectivity index (χ4v) is 2.76. The first-order valence-electron chi connectivity index (χ1n) is 7.87. The Bertz CT molecular complexity index is 905. The third-order valence-electron chi connectivity index (χ3n) is 3.93. The zero-order chi connectivity index (χ0) is 17.8. The maximum Gasteiger partial charge on any atom is 0.337 e. The summed E-state index contributed by atoms with van der Waals surface area (Å²) in [5.74, 6) is -1.34. The predicted octanol–water partition coefficient (Wildman–Crippen LogP) is 4.67. The summed E-state index contributed by atoms with van der Waals surface area (Å²) < 4.78 is 0. The van der Waals surface area contributed by atoms with Gasteiger partial charge in [-0.25, -0.2) is 4.79 Å². The second-order valence-corrected chi connectivity index (χ2v) is 5.62. The standard InChI is InChI=1S/C21H17NO3/c1-15-9-8-14-18(21(24)25)19(15)22(17-12-6-3-7-13-17)20(23)16-10-4-2-5-11-16/h2-14H,1H3,(H,24,25). The van der Waals surface area contributed by atoms with Crippen molar-refractivity contribution in [2.75, 3.05) is 4.90 Å². The second kappa shape index (κ2) is 7.01. The molecule has 0 radical (unpaired) electrons. The molecule has 0 saturated heterocycles. The number of amides is 1. The molecule has 25 heavy (non-hydrogen) atoms. The van der Waals surface area contributed by atoms with Gasteiger partial charge in [0.2, 0.25) is 0 Å². The molecule has 0 spiro atoms. The summed E-state index contributed by atoms with van der Waals surface area (Å²) in [7, 11) is 0. The van der Waals surface area contributed by atoms with Crippen LogP contribution in [0.3, 0.4) is 0 Å². The summed E-state index contributed by atoms with van der Waals surface area (Å²) in [6.45, 7) is 1.80. The van der Waals surface area contributed by atoms with Crippen LogP contribution < -0.4 is 4.90 Å². The molecule has 0 aliphatic heterocycles. The van der Waals surface area contributed by atoms with Crippen LogP contribution in [0.25, 0.3) is 0 Å². The van der Waals surface area contributed by atoms with E-state index in [0.717, 1.165) is 0 Å². The maximum atomic E-state index is 13.2. The first kappa shape index (κ1) is 16.5. The van der Waals surface area contributed by atoms with Gasteiger partial charge in [0.1, 0.15) is 0 Å². The van der Waals surface area contributed by atoms with Gasteiger partial charge in [0.25, 0.3) is 5.91 Å². The van der Waals surface area contributed by atoms with Crippen LogP contribution in [0.5, 0.6) is 0 Å². The number of benzene rings is 3. The summed E-state index contributed by atoms with van der Waals surface area (Å²) in [4.78, 5) is 26.4. The van der Waals surface area contributed by atoms with Crippen molar-refractivity contribution in [3.8, 4) is 0 Å². The molecule has 0 heterocycles. The van der Waals surface area contributed by atoms with Crippen molar-refractivity contribution >= 4 is 23.3 Å². The molecule has 0 aliphatic rings. The van der Waals surface area contributed by atoms with E-state index in [2.05, 4.69) is 0 Å². The van der Waals surface area contributed by atoms with Crippen LogP contribution in [-0.4, -0.2) is 17.0 Å². The number of para-hydroxylation sites is 2. The predicted molar refractivity (Wildman–Crippen MR) is 97.5 cm³/mol. The van der Waals surface area contributed by atoms with Gasteiger partial charge >= 0.3 is 5.97 Å². The van der Waals surface area contributed by atoms with Gasteiger partial charge in [-0.2, -0.15) is 0 Å². The molecule has 1 amide bonds. The van der Waals surface area contributed by atoms with Gasteiger partial charge < -0.3 is 5.11 Å². The number of carboxylic acids is 1. The highest BCUT2D eigenvalue weighted by Crippen LogP contribution is 2.33. The van der Waals surface area contributed by atoms with Gasteiger partial charge in [0.15, 0.2) is 0 Å². The van der Waals surface area contributed by atoms with Crippen LogP contribution in [0, 0.1) is 6.92 Å². The molecular formula is C21H17NO3. The lowest BCUT2D eigenvalue weighted by Gasteiger charge is -2.26. The average Bonchev–Trinajstić information content (AvgIpc) is 2.64. The molecule has 3 rings (SSSR count). The molecule has 0 fully saturated rings. The lowest BCUT2D eigenvalue weighted by Crippen LogP contribution is -2.28. The van der Waals surface area contributed by atoms with Crippen LogP contribution in [-0.2, 0) is 0 Å². The van der Waals surface area contributed by atoms with E-state index < -0.39 is 5.97 Å². The highest BCUT2D eigenvalue weighted by atomic mass is 16.4. The van der Waals surface area contributed by atoms with Gasteiger partial charge in [-0.05, 0) is 42.8 Å². The Hall–Kier alpha value is -3.40. The largest absolute Gasteiger partial charge is 0.478 e. The van der Waals surface area contributed by atoms with Crippen molar-refractivity contribution in [2.24, 2.45) is 0 Å². The van der Waals surface area contributed by atoms with Crippen LogP contribution in [0.1, 0.15) is 26.3 Å². The third kappa shape index (κ3) is 3.28. The Morgan fingerprint density at radius 1 is 0.800 bits per heavy atom. The first-order chi connectivity index (χ1) is 12.1. The van der Waals surface area contributed by atoms with Gasteiger partial charge in [0, 0.05) is 11.3 Å². The lowest BCUT2D eigenvalue weighted by molar-refractivity contribution is 0.0697. The molecular weight excluding hydrogens is 314 g/mol. The molecule has 0 saturated carbocycles. The minimum atomic E-state index is -1.07. The van der Waals surface area contributed by atoms with Gasteiger partial charge in [-0.15, -0.1) is 0 Å². The highest BCUT2D eigenvalue weighted by molar-refractivity contribution is 6.14. The molecule has 0 unspecified atom stereocenters. The Morgan fingerprint density at radius 2 is 1.40 bits per heavy atom. The van der Waals surface area contributed by atoms with Crippen LogP contribution in [0.4, 0.5) is 11.4 Å².